The van der Waals surface area contributed by atoms with Gasteiger partial charge in [0.15, 0.2) is 5.82 Å². The number of nitrogens with zero attached hydrogens (tertiary/aromatic N) is 4. The van der Waals surface area contributed by atoms with Gasteiger partial charge in [-0.1, -0.05) is 164 Å². The number of aromatic nitrogens is 4. The number of benzene rings is 8. The molecule has 0 radical (unpaired) electrons. The summed E-state index contributed by atoms with van der Waals surface area (Å²) in [5.74, 6) is 1.50. The van der Waals surface area contributed by atoms with Crippen LogP contribution < -0.4 is 0 Å². The van der Waals surface area contributed by atoms with Gasteiger partial charge in [0.2, 0.25) is 0 Å². The second kappa shape index (κ2) is 13.1. The molecule has 0 aliphatic rings. The fourth-order valence-electron chi connectivity index (χ4n) is 8.27. The molecule has 56 heavy (non-hydrogen) atoms. The Balaban J connectivity index is 1.10. The molecule has 0 saturated heterocycles. The van der Waals surface area contributed by atoms with E-state index in [4.69, 9.17) is 9.97 Å². The quantitative estimate of drug-likeness (QED) is 0.172. The highest BCUT2D eigenvalue weighted by molar-refractivity contribution is 6.19. The predicted octanol–water partition coefficient (Wildman–Crippen LogP) is 13.3. The smallest absolute Gasteiger partial charge is 0.162 e. The normalized spacial score (nSPS) is 11.6. The van der Waals surface area contributed by atoms with E-state index in [2.05, 4.69) is 209 Å². The Kier molecular flexibility index (Phi) is 7.46. The van der Waals surface area contributed by atoms with Crippen LogP contribution in [0.1, 0.15) is 0 Å². The van der Waals surface area contributed by atoms with Crippen molar-refractivity contribution in [2.75, 3.05) is 0 Å². The van der Waals surface area contributed by atoms with Crippen molar-refractivity contribution in [2.24, 2.45) is 0 Å². The van der Waals surface area contributed by atoms with E-state index < -0.39 is 0 Å². The summed E-state index contributed by atoms with van der Waals surface area (Å²) in [4.78, 5) is 10.6. The number of hydrogen-bond acceptors (Lipinski definition) is 2. The van der Waals surface area contributed by atoms with E-state index in [0.29, 0.717) is 5.82 Å². The monoisotopic (exact) mass is 714 g/mol. The molecule has 262 valence electrons. The van der Waals surface area contributed by atoms with Crippen molar-refractivity contribution in [3.05, 3.63) is 206 Å². The molecule has 0 fully saturated rings. The molecule has 0 bridgehead atoms. The Hall–Kier alpha value is -7.56. The van der Waals surface area contributed by atoms with E-state index >= 15 is 0 Å². The SMILES string of the molecule is c1ccc(-c2ccc(-c3ccc(-c4nc(-c5ccccc5)cc(-n5c6ccccc6c6cc7c8ccccc8n(-c8ccccc8)c7cc65)n4)cc3)cc2)cc1. The third-order valence-corrected chi connectivity index (χ3v) is 11.0. The summed E-state index contributed by atoms with van der Waals surface area (Å²) < 4.78 is 4.70. The van der Waals surface area contributed by atoms with Gasteiger partial charge in [-0.05, 0) is 58.7 Å². The van der Waals surface area contributed by atoms with Crippen LogP contribution in [0.5, 0.6) is 0 Å². The second-order valence-electron chi connectivity index (χ2n) is 14.2. The van der Waals surface area contributed by atoms with Crippen LogP contribution in [-0.4, -0.2) is 19.1 Å². The minimum atomic E-state index is 0.678. The van der Waals surface area contributed by atoms with Gasteiger partial charge in [-0.25, -0.2) is 9.97 Å². The molecule has 0 amide bonds. The third-order valence-electron chi connectivity index (χ3n) is 11.0. The minimum absolute atomic E-state index is 0.678. The Morgan fingerprint density at radius 3 is 1.32 bits per heavy atom. The van der Waals surface area contributed by atoms with Gasteiger partial charge in [-0.2, -0.15) is 0 Å². The van der Waals surface area contributed by atoms with Crippen LogP contribution in [0.25, 0.3) is 100 Å². The first-order valence-corrected chi connectivity index (χ1v) is 19.0. The van der Waals surface area contributed by atoms with Crippen LogP contribution in [0.3, 0.4) is 0 Å². The maximum absolute atomic E-state index is 5.37. The van der Waals surface area contributed by atoms with Crippen LogP contribution in [0.2, 0.25) is 0 Å². The highest BCUT2D eigenvalue weighted by Crippen LogP contribution is 2.40. The largest absolute Gasteiger partial charge is 0.309 e. The first-order valence-electron chi connectivity index (χ1n) is 19.0. The lowest BCUT2D eigenvalue weighted by Gasteiger charge is -2.13. The number of hydrogen-bond donors (Lipinski definition) is 0. The van der Waals surface area contributed by atoms with Crippen LogP contribution >= 0.6 is 0 Å². The van der Waals surface area contributed by atoms with Gasteiger partial charge in [-0.3, -0.25) is 4.57 Å². The van der Waals surface area contributed by atoms with Crippen molar-refractivity contribution in [3.8, 4) is 56.4 Å². The van der Waals surface area contributed by atoms with Crippen LogP contribution in [0, 0.1) is 0 Å². The maximum Gasteiger partial charge on any atom is 0.162 e. The molecule has 0 saturated carbocycles. The van der Waals surface area contributed by atoms with E-state index in [9.17, 15) is 0 Å². The van der Waals surface area contributed by atoms with Crippen LogP contribution in [0.4, 0.5) is 0 Å². The van der Waals surface area contributed by atoms with E-state index in [-0.39, 0.29) is 0 Å². The Labute approximate surface area is 324 Å². The zero-order chi connectivity index (χ0) is 37.0. The molecular formula is C52H34N4. The highest BCUT2D eigenvalue weighted by atomic mass is 15.1. The summed E-state index contributed by atoms with van der Waals surface area (Å²) in [6.45, 7) is 0. The third kappa shape index (κ3) is 5.31. The fraction of sp³-hybridized carbons (Fsp3) is 0. The fourth-order valence-corrected chi connectivity index (χ4v) is 8.27. The molecule has 4 heteroatoms. The van der Waals surface area contributed by atoms with Gasteiger partial charge in [-0.15, -0.1) is 0 Å². The Morgan fingerprint density at radius 2 is 0.732 bits per heavy atom. The summed E-state index contributed by atoms with van der Waals surface area (Å²) >= 11 is 0. The maximum atomic E-state index is 5.37. The standard InChI is InChI=1S/C52H34N4/c1-4-14-35(15-5-1)36-24-26-37(27-25-36)38-28-30-40(31-29-38)52-53-46(39-16-6-2-7-17-39)33-51(54-52)56-48-23-13-11-21-43(48)45-32-44-42-20-10-12-22-47(42)55(49(44)34-50(45)56)41-18-8-3-9-19-41/h1-34H. The molecule has 0 aliphatic carbocycles. The van der Waals surface area contributed by atoms with Crippen LogP contribution in [0.15, 0.2) is 206 Å². The van der Waals surface area contributed by atoms with Gasteiger partial charge in [0, 0.05) is 44.4 Å². The van der Waals surface area contributed by atoms with E-state index in [1.54, 1.807) is 0 Å². The summed E-state index contributed by atoms with van der Waals surface area (Å²) in [7, 11) is 0. The molecule has 0 spiro atoms. The Bertz CT molecular complexity index is 3200. The van der Waals surface area contributed by atoms with Crippen molar-refractivity contribution < 1.29 is 0 Å². The molecule has 0 N–H and O–H groups in total. The lowest BCUT2D eigenvalue weighted by atomic mass is 9.99. The minimum Gasteiger partial charge on any atom is -0.309 e. The topological polar surface area (TPSA) is 35.6 Å². The molecular weight excluding hydrogens is 681 g/mol. The molecule has 0 atom stereocenters. The van der Waals surface area contributed by atoms with E-state index in [1.807, 2.05) is 6.07 Å². The average molecular weight is 715 g/mol. The summed E-state index contributed by atoms with van der Waals surface area (Å²) in [5.41, 5.74) is 13.3. The first-order chi connectivity index (χ1) is 27.8. The lowest BCUT2D eigenvalue weighted by Crippen LogP contribution is -2.02. The zero-order valence-corrected chi connectivity index (χ0v) is 30.4. The van der Waals surface area contributed by atoms with Gasteiger partial charge in [0.25, 0.3) is 0 Å². The molecule has 3 aromatic heterocycles. The lowest BCUT2D eigenvalue weighted by molar-refractivity contribution is 1.05. The molecule has 11 rings (SSSR count). The molecule has 0 aliphatic heterocycles. The van der Waals surface area contributed by atoms with Crippen molar-refractivity contribution >= 4 is 43.6 Å². The first kappa shape index (κ1) is 31.9. The van der Waals surface area contributed by atoms with Crippen molar-refractivity contribution in [3.63, 3.8) is 0 Å². The number of fused-ring (bicyclic) bond motifs is 6. The second-order valence-corrected chi connectivity index (χ2v) is 14.2. The Morgan fingerprint density at radius 1 is 0.286 bits per heavy atom. The van der Waals surface area contributed by atoms with Gasteiger partial charge >= 0.3 is 0 Å². The molecule has 8 aromatic carbocycles. The molecule has 0 unspecified atom stereocenters. The van der Waals surface area contributed by atoms with Crippen molar-refractivity contribution in [1.82, 2.24) is 19.1 Å². The number of para-hydroxylation sites is 3. The molecule has 4 nitrogen and oxygen atoms in total. The predicted molar refractivity (Wildman–Crippen MR) is 232 cm³/mol. The van der Waals surface area contributed by atoms with Crippen molar-refractivity contribution in [1.29, 1.82) is 0 Å². The average Bonchev–Trinajstić information content (AvgIpc) is 3.78. The van der Waals surface area contributed by atoms with E-state index in [1.165, 1.54) is 43.8 Å². The van der Waals surface area contributed by atoms with E-state index in [0.717, 1.165) is 50.4 Å². The van der Waals surface area contributed by atoms with Crippen molar-refractivity contribution in [2.45, 2.75) is 0 Å². The summed E-state index contributed by atoms with van der Waals surface area (Å²) in [6, 6.07) is 73.1. The van der Waals surface area contributed by atoms with Crippen LogP contribution in [-0.2, 0) is 0 Å². The molecule has 11 aromatic rings. The number of rotatable bonds is 6. The van der Waals surface area contributed by atoms with Gasteiger partial charge in [0.1, 0.15) is 5.82 Å². The van der Waals surface area contributed by atoms with Gasteiger partial charge in [0.05, 0.1) is 27.8 Å². The zero-order valence-electron chi connectivity index (χ0n) is 30.4. The summed E-state index contributed by atoms with van der Waals surface area (Å²) in [5, 5.41) is 4.83. The molecule has 3 heterocycles. The van der Waals surface area contributed by atoms with Gasteiger partial charge < -0.3 is 4.57 Å². The summed E-state index contributed by atoms with van der Waals surface area (Å²) in [6.07, 6.45) is 0. The highest BCUT2D eigenvalue weighted by Gasteiger charge is 2.20.